The summed E-state index contributed by atoms with van der Waals surface area (Å²) < 4.78 is 32.0. The van der Waals surface area contributed by atoms with Crippen molar-refractivity contribution < 1.29 is 17.9 Å². The summed E-state index contributed by atoms with van der Waals surface area (Å²) in [4.78, 5) is 11.9. The van der Waals surface area contributed by atoms with Gasteiger partial charge < -0.3 is 10.1 Å². The van der Waals surface area contributed by atoms with Crippen molar-refractivity contribution in [2.45, 2.75) is 25.1 Å². The predicted molar refractivity (Wildman–Crippen MR) is 91.8 cm³/mol. The van der Waals surface area contributed by atoms with E-state index in [1.807, 2.05) is 0 Å². The highest BCUT2D eigenvalue weighted by atomic mass is 32.2. The first-order chi connectivity index (χ1) is 11.1. The average Bonchev–Trinajstić information content (AvgIpc) is 2.96. The van der Waals surface area contributed by atoms with Gasteiger partial charge in [0, 0.05) is 5.41 Å². The minimum absolute atomic E-state index is 0.121. The van der Waals surface area contributed by atoms with E-state index in [2.05, 4.69) is 20.2 Å². The van der Waals surface area contributed by atoms with Crippen LogP contribution in [0.25, 0.3) is 0 Å². The van der Waals surface area contributed by atoms with Crippen LogP contribution in [0.3, 0.4) is 0 Å². The van der Waals surface area contributed by atoms with Crippen molar-refractivity contribution in [3.63, 3.8) is 0 Å². The van der Waals surface area contributed by atoms with E-state index in [1.54, 1.807) is 45.0 Å². The number of ether oxygens (including phenoxy) is 1. The molecule has 1 aromatic heterocycles. The molecule has 8 nitrogen and oxygen atoms in total. The maximum absolute atomic E-state index is 12.4. The van der Waals surface area contributed by atoms with Crippen LogP contribution in [0.4, 0.5) is 10.8 Å². The van der Waals surface area contributed by atoms with Crippen molar-refractivity contribution in [1.29, 1.82) is 0 Å². The second-order valence-electron chi connectivity index (χ2n) is 5.88. The lowest BCUT2D eigenvalue weighted by atomic mass is 9.96. The Labute approximate surface area is 144 Å². The number of para-hydroxylation sites is 2. The third-order valence-electron chi connectivity index (χ3n) is 2.89. The minimum atomic E-state index is -3.93. The van der Waals surface area contributed by atoms with E-state index in [-0.39, 0.29) is 21.1 Å². The molecule has 1 amide bonds. The van der Waals surface area contributed by atoms with E-state index in [0.29, 0.717) is 5.75 Å². The average molecular weight is 370 g/mol. The van der Waals surface area contributed by atoms with Crippen LogP contribution in [-0.4, -0.2) is 31.6 Å². The highest BCUT2D eigenvalue weighted by molar-refractivity contribution is 7.94. The summed E-state index contributed by atoms with van der Waals surface area (Å²) in [6.45, 7) is 5.22. The van der Waals surface area contributed by atoms with Crippen LogP contribution in [0, 0.1) is 5.41 Å². The van der Waals surface area contributed by atoms with Crippen molar-refractivity contribution in [2.24, 2.45) is 5.41 Å². The second kappa shape index (κ2) is 6.73. The minimum Gasteiger partial charge on any atom is -0.495 e. The van der Waals surface area contributed by atoms with Gasteiger partial charge in [0.1, 0.15) is 5.75 Å². The molecule has 24 heavy (non-hydrogen) atoms. The molecule has 0 fully saturated rings. The monoisotopic (exact) mass is 370 g/mol. The van der Waals surface area contributed by atoms with E-state index >= 15 is 0 Å². The fourth-order valence-electron chi connectivity index (χ4n) is 1.57. The molecule has 1 heterocycles. The lowest BCUT2D eigenvalue weighted by Crippen LogP contribution is -2.27. The molecule has 10 heteroatoms. The number of aromatic nitrogens is 2. The van der Waals surface area contributed by atoms with E-state index in [0.717, 1.165) is 11.3 Å². The van der Waals surface area contributed by atoms with Crippen LogP contribution < -0.4 is 14.8 Å². The molecule has 0 saturated heterocycles. The molecular formula is C14H18N4O4S2. The quantitative estimate of drug-likeness (QED) is 0.782. The lowest BCUT2D eigenvalue weighted by Gasteiger charge is -2.15. The molecule has 0 atom stereocenters. The Balaban J connectivity index is 2.20. The number of benzene rings is 1. The molecule has 0 saturated carbocycles. The van der Waals surface area contributed by atoms with Gasteiger partial charge in [-0.2, -0.15) is 8.42 Å². The standard InChI is InChI=1S/C14H18N4O4S2/c1-14(2,3)11(19)15-12-16-17-13(23-12)24(20,21)18-9-7-5-6-8-10(9)22-4/h5-8,18H,1-4H3,(H,15,16,19). The number of carbonyl (C=O) groups is 1. The largest absolute Gasteiger partial charge is 0.495 e. The summed E-state index contributed by atoms with van der Waals surface area (Å²) in [5.41, 5.74) is -0.337. The Kier molecular flexibility index (Phi) is 5.09. The van der Waals surface area contributed by atoms with Crippen LogP contribution in [0.15, 0.2) is 28.6 Å². The number of hydrogen-bond acceptors (Lipinski definition) is 7. The van der Waals surface area contributed by atoms with Crippen molar-refractivity contribution in [3.05, 3.63) is 24.3 Å². The van der Waals surface area contributed by atoms with Gasteiger partial charge in [-0.1, -0.05) is 44.2 Å². The number of anilines is 2. The number of hydrogen-bond donors (Lipinski definition) is 2. The maximum atomic E-state index is 12.4. The fraction of sp³-hybridized carbons (Fsp3) is 0.357. The fourth-order valence-corrected chi connectivity index (χ4v) is 3.54. The molecule has 2 aromatic rings. The normalized spacial score (nSPS) is 11.8. The Morgan fingerprint density at radius 3 is 2.50 bits per heavy atom. The van der Waals surface area contributed by atoms with Gasteiger partial charge in [0.15, 0.2) is 0 Å². The Morgan fingerprint density at radius 1 is 1.21 bits per heavy atom. The van der Waals surface area contributed by atoms with Crippen LogP contribution in [-0.2, 0) is 14.8 Å². The van der Waals surface area contributed by atoms with Gasteiger partial charge in [-0.05, 0) is 12.1 Å². The van der Waals surface area contributed by atoms with Crippen LogP contribution >= 0.6 is 11.3 Å². The number of methoxy groups -OCH3 is 1. The number of sulfonamides is 1. The SMILES string of the molecule is COc1ccccc1NS(=O)(=O)c1nnc(NC(=O)C(C)(C)C)s1. The number of nitrogens with zero attached hydrogens (tertiary/aromatic N) is 2. The third kappa shape index (κ3) is 4.20. The van der Waals surface area contributed by atoms with Gasteiger partial charge in [0.25, 0.3) is 14.4 Å². The summed E-state index contributed by atoms with van der Waals surface area (Å²) in [7, 11) is -2.49. The zero-order valence-corrected chi connectivity index (χ0v) is 15.3. The van der Waals surface area contributed by atoms with Gasteiger partial charge in [0.05, 0.1) is 12.8 Å². The van der Waals surface area contributed by atoms with Gasteiger partial charge in [-0.25, -0.2) is 0 Å². The van der Waals surface area contributed by atoms with Gasteiger partial charge in [-0.3, -0.25) is 9.52 Å². The van der Waals surface area contributed by atoms with Crippen LogP contribution in [0.5, 0.6) is 5.75 Å². The van der Waals surface area contributed by atoms with E-state index in [4.69, 9.17) is 4.74 Å². The molecule has 0 spiro atoms. The van der Waals surface area contributed by atoms with E-state index in [1.165, 1.54) is 7.11 Å². The summed E-state index contributed by atoms with van der Waals surface area (Å²) in [5.74, 6) is 0.104. The van der Waals surface area contributed by atoms with Gasteiger partial charge in [-0.15, -0.1) is 10.2 Å². The summed E-state index contributed by atoms with van der Waals surface area (Å²) in [6, 6.07) is 6.60. The van der Waals surface area contributed by atoms with Crippen molar-refractivity contribution in [3.8, 4) is 5.75 Å². The molecule has 1 aromatic carbocycles. The molecule has 0 bridgehead atoms. The highest BCUT2D eigenvalue weighted by Crippen LogP contribution is 2.28. The zero-order chi connectivity index (χ0) is 18.0. The first-order valence-electron chi connectivity index (χ1n) is 6.94. The summed E-state index contributed by atoms with van der Waals surface area (Å²) in [6.07, 6.45) is 0. The Morgan fingerprint density at radius 2 is 1.88 bits per heavy atom. The molecule has 0 unspecified atom stereocenters. The number of rotatable bonds is 5. The molecule has 0 aliphatic heterocycles. The van der Waals surface area contributed by atoms with Gasteiger partial charge in [0.2, 0.25) is 11.0 Å². The molecule has 0 aliphatic rings. The zero-order valence-electron chi connectivity index (χ0n) is 13.7. The maximum Gasteiger partial charge on any atom is 0.291 e. The van der Waals surface area contributed by atoms with Gasteiger partial charge >= 0.3 is 0 Å². The summed E-state index contributed by atoms with van der Waals surface area (Å²) in [5, 5.41) is 10.0. The van der Waals surface area contributed by atoms with Crippen LogP contribution in [0.1, 0.15) is 20.8 Å². The van der Waals surface area contributed by atoms with E-state index < -0.39 is 15.4 Å². The topological polar surface area (TPSA) is 110 Å². The molecule has 0 radical (unpaired) electrons. The second-order valence-corrected chi connectivity index (χ2v) is 8.72. The van der Waals surface area contributed by atoms with E-state index in [9.17, 15) is 13.2 Å². The molecule has 2 N–H and O–H groups in total. The Bertz CT molecular complexity index is 840. The van der Waals surface area contributed by atoms with Crippen LogP contribution in [0.2, 0.25) is 0 Å². The van der Waals surface area contributed by atoms with Crippen molar-refractivity contribution in [2.75, 3.05) is 17.1 Å². The lowest BCUT2D eigenvalue weighted by molar-refractivity contribution is -0.123. The first-order valence-corrected chi connectivity index (χ1v) is 9.24. The number of carbonyl (C=O) groups excluding carboxylic acids is 1. The highest BCUT2D eigenvalue weighted by Gasteiger charge is 2.25. The Hall–Kier alpha value is -2.20. The summed E-state index contributed by atoms with van der Waals surface area (Å²) >= 11 is 0.772. The number of amides is 1. The van der Waals surface area contributed by atoms with Crippen molar-refractivity contribution in [1.82, 2.24) is 10.2 Å². The molecule has 2 rings (SSSR count). The molecule has 130 valence electrons. The first kappa shape index (κ1) is 18.1. The smallest absolute Gasteiger partial charge is 0.291 e. The number of nitrogens with one attached hydrogen (secondary N) is 2. The van der Waals surface area contributed by atoms with Crippen molar-refractivity contribution >= 4 is 38.1 Å². The molecular weight excluding hydrogens is 352 g/mol. The molecule has 0 aliphatic carbocycles. The third-order valence-corrected chi connectivity index (χ3v) is 5.46. The predicted octanol–water partition coefficient (Wildman–Crippen LogP) is 2.33.